The van der Waals surface area contributed by atoms with Crippen LogP contribution in [-0.4, -0.2) is 22.5 Å². The molecule has 17 aromatic rings. The van der Waals surface area contributed by atoms with Gasteiger partial charge >= 0.3 is 0 Å². The van der Waals surface area contributed by atoms with Crippen molar-refractivity contribution in [2.75, 3.05) is 0 Å². The van der Waals surface area contributed by atoms with Crippen molar-refractivity contribution in [1.82, 2.24) is 22.5 Å². The summed E-state index contributed by atoms with van der Waals surface area (Å²) >= 11 is 0. The van der Waals surface area contributed by atoms with Crippen LogP contribution >= 0.6 is 0 Å². The van der Waals surface area contributed by atoms with Gasteiger partial charge in [0.25, 0.3) is 28.8 Å². The predicted molar refractivity (Wildman–Crippen MR) is 440 cm³/mol. The van der Waals surface area contributed by atoms with Gasteiger partial charge in [-0.1, -0.05) is 226 Å². The van der Waals surface area contributed by atoms with E-state index in [1.54, 1.807) is 0 Å². The molecular weight excluding hydrogens is 1320 g/mol. The lowest BCUT2D eigenvalue weighted by Gasteiger charge is -2.21. The first kappa shape index (κ1) is 68.1. The molecule has 10 heteroatoms. The van der Waals surface area contributed by atoms with Crippen LogP contribution in [0.4, 0.5) is 0 Å². The number of hydrogen-bond acceptors (Lipinski definition) is 0. The molecule has 22 rings (SSSR count). The summed E-state index contributed by atoms with van der Waals surface area (Å²) in [6, 6.07) is 71.1. The first-order chi connectivity index (χ1) is 52.3. The van der Waals surface area contributed by atoms with Crippen LogP contribution in [0.1, 0.15) is 158 Å². The molecule has 0 bridgehead atoms. The van der Waals surface area contributed by atoms with Crippen molar-refractivity contribution in [2.45, 2.75) is 153 Å². The number of pyridine rings is 2. The Labute approximate surface area is 634 Å². The normalized spacial score (nSPS) is 13.0. The Morgan fingerprint density at radius 3 is 1.17 bits per heavy atom. The molecule has 10 aromatic carbocycles. The zero-order valence-electron chi connectivity index (χ0n) is 65.0. The molecule has 534 valence electrons. The molecule has 5 aliphatic heterocycles. The second kappa shape index (κ2) is 26.3. The van der Waals surface area contributed by atoms with E-state index in [9.17, 15) is 0 Å². The summed E-state index contributed by atoms with van der Waals surface area (Å²) in [4.78, 5) is 0. The van der Waals surface area contributed by atoms with Crippen molar-refractivity contribution in [3.63, 3.8) is 0 Å². The zero-order valence-corrected chi connectivity index (χ0v) is 65.0. The molecule has 12 heterocycles. The van der Waals surface area contributed by atoms with Gasteiger partial charge in [0.15, 0.2) is 0 Å². The van der Waals surface area contributed by atoms with E-state index >= 15 is 0 Å². The highest BCUT2D eigenvalue weighted by Crippen LogP contribution is 2.41. The van der Waals surface area contributed by atoms with Crippen LogP contribution in [0.25, 0.3) is 106 Å². The van der Waals surface area contributed by atoms with Gasteiger partial charge in [-0.15, -0.1) is 0 Å². The van der Waals surface area contributed by atoms with Gasteiger partial charge in [0.05, 0.1) is 27.5 Å². The van der Waals surface area contributed by atoms with Crippen molar-refractivity contribution in [3.8, 4) is 51.2 Å². The highest BCUT2D eigenvalue weighted by molar-refractivity contribution is 6.14. The Hall–Kier alpha value is -11.8. The lowest BCUT2D eigenvalue weighted by molar-refractivity contribution is -0.671. The summed E-state index contributed by atoms with van der Waals surface area (Å²) in [5.41, 5.74) is 32.9. The molecule has 0 fully saturated rings. The second-order valence-corrected chi connectivity index (χ2v) is 32.7. The van der Waals surface area contributed by atoms with E-state index in [4.69, 9.17) is 0 Å². The largest absolute Gasteiger partial charge is 0.295 e. The number of nitrogens with zero attached hydrogens (tertiary/aromatic N) is 10. The number of benzene rings is 10. The number of hydrogen-bond donors (Lipinski definition) is 0. The standard InChI is InChI=1S/C25H31N2.C20H19N2.C19H19N2.C18H17N2.C16H11N2/c1-16(2)20-13-22(17(3)4)24(23(14-20)18(5)6)27-12-11-26-15-19-9-7-8-10-21(19)25(26)27;1-20(2,3)14-7-8-17-16(11-14)15-6-4-5-13-12-21-9-10-22(17)19(21)18(13)15;1-13-10-14(2)18(15(3)11-13)21-9-8-20-12-16-6-4-5-7-17(16)19(20)21;1-13-6-5-7-14(2)17(13)20-11-10-19-12-15-8-3-4-9-16(15)18(19)20;1-2-7-14-12(5-1)13-6-3-4-11-10-17-8-9-18(14)16(17)15(11)13/h7-14,16-18H,15H2,1-6H3;4-11H,12H2,1-3H3;4-11H,12H2,1-3H3;3-11H,12H2,1-2H3;1-9H,10H2/q5*+1. The lowest BCUT2D eigenvalue weighted by atomic mass is 9.86. The fourth-order valence-electron chi connectivity index (χ4n) is 18.3. The molecule has 0 amide bonds. The Kier molecular flexibility index (Phi) is 16.6. The smallest absolute Gasteiger partial charge is 0.225 e. The topological polar surface area (TPSA) is 43.0 Å². The molecule has 0 unspecified atom stereocenters. The molecule has 5 aliphatic rings. The Balaban J connectivity index is 0.0000000957. The van der Waals surface area contributed by atoms with Gasteiger partial charge in [0.1, 0.15) is 123 Å². The van der Waals surface area contributed by atoms with Crippen LogP contribution in [0.2, 0.25) is 0 Å². The second-order valence-electron chi connectivity index (χ2n) is 32.7. The van der Waals surface area contributed by atoms with E-state index in [0.29, 0.717) is 17.8 Å². The molecule has 0 N–H and O–H groups in total. The van der Waals surface area contributed by atoms with Gasteiger partial charge in [0, 0.05) is 60.5 Å². The first-order valence-electron chi connectivity index (χ1n) is 38.9. The molecule has 108 heavy (non-hydrogen) atoms. The molecule has 10 nitrogen and oxygen atoms in total. The fraction of sp³-hybridized carbons (Fsp3) is 0.235. The van der Waals surface area contributed by atoms with E-state index < -0.39 is 0 Å². The highest BCUT2D eigenvalue weighted by atomic mass is 15.2. The lowest BCUT2D eigenvalue weighted by Crippen LogP contribution is -2.30. The Morgan fingerprint density at radius 2 is 0.704 bits per heavy atom. The SMILES string of the molecule is CC(C)(C)c1ccc2c(c1)c1cccc3c1c1n2cc[n+]1C3.CC(C)c1cc(C(C)C)c(-n2cc[n+]3c2-c2ccccc2C3)c(C(C)C)c1.Cc1cc(C)c(-n2cc[n+]3c2-c2ccccc2C3)c(C)c1.Cc1cccc(C)c1-n1cc[n+]2c1-c1ccccc1C2.c1cc2c3c(c1)c1ccccc1n1cc[n+](c31)C2. The number of rotatable bonds is 6. The molecule has 0 spiro atoms. The van der Waals surface area contributed by atoms with Gasteiger partial charge in [-0.25, -0.2) is 22.8 Å². The Morgan fingerprint density at radius 1 is 0.324 bits per heavy atom. The maximum Gasteiger partial charge on any atom is 0.295 e. The molecule has 7 aromatic heterocycles. The van der Waals surface area contributed by atoms with Crippen LogP contribution in [-0.2, 0) is 38.1 Å². The van der Waals surface area contributed by atoms with Crippen LogP contribution in [0.3, 0.4) is 0 Å². The Bertz CT molecular complexity index is 6430. The molecule has 0 aliphatic carbocycles. The molecule has 0 atom stereocenters. The summed E-state index contributed by atoms with van der Waals surface area (Å²) in [6.45, 7) is 36.5. The minimum atomic E-state index is 0.170. The van der Waals surface area contributed by atoms with Gasteiger partial charge < -0.3 is 0 Å². The van der Waals surface area contributed by atoms with Crippen LogP contribution in [0.15, 0.2) is 256 Å². The fourth-order valence-corrected chi connectivity index (χ4v) is 18.3. The average Bonchev–Trinajstić information content (AvgIpc) is 1.58. The highest BCUT2D eigenvalue weighted by Gasteiger charge is 2.36. The van der Waals surface area contributed by atoms with Crippen molar-refractivity contribution in [1.29, 1.82) is 0 Å². The third kappa shape index (κ3) is 11.2. The number of para-hydroxylation sites is 2. The van der Waals surface area contributed by atoms with Crippen molar-refractivity contribution >= 4 is 54.6 Å². The minimum absolute atomic E-state index is 0.170. The van der Waals surface area contributed by atoms with E-state index in [1.807, 2.05) is 0 Å². The molecule has 0 saturated carbocycles. The summed E-state index contributed by atoms with van der Waals surface area (Å²) < 4.78 is 23.5. The van der Waals surface area contributed by atoms with E-state index in [1.165, 1.54) is 184 Å². The van der Waals surface area contributed by atoms with Crippen LogP contribution in [0, 0.1) is 34.6 Å². The quantitative estimate of drug-likeness (QED) is 0.118. The average molecular weight is 1410 g/mol. The zero-order chi connectivity index (χ0) is 74.3. The third-order valence-corrected chi connectivity index (χ3v) is 23.5. The van der Waals surface area contributed by atoms with Crippen LogP contribution < -0.4 is 22.8 Å². The first-order valence-corrected chi connectivity index (χ1v) is 38.9. The van der Waals surface area contributed by atoms with Gasteiger partial charge in [-0.05, 0) is 128 Å². The van der Waals surface area contributed by atoms with Crippen molar-refractivity contribution < 1.29 is 22.8 Å². The van der Waals surface area contributed by atoms with Crippen molar-refractivity contribution in [2.24, 2.45) is 0 Å². The molecular formula is C98H97N10+5. The third-order valence-electron chi connectivity index (χ3n) is 23.5. The van der Waals surface area contributed by atoms with E-state index in [2.05, 4.69) is 398 Å². The number of fused-ring (bicyclic) bond motifs is 15. The maximum absolute atomic E-state index is 2.45. The van der Waals surface area contributed by atoms with Gasteiger partial charge in [0.2, 0.25) is 0 Å². The summed E-state index contributed by atoms with van der Waals surface area (Å²) in [5, 5.41) is 8.30. The number of aromatic nitrogens is 10. The van der Waals surface area contributed by atoms with E-state index in [0.717, 1.165) is 32.7 Å². The van der Waals surface area contributed by atoms with Crippen molar-refractivity contribution in [3.05, 3.63) is 334 Å². The number of aryl methyl sites for hydroxylation is 5. The van der Waals surface area contributed by atoms with E-state index in [-0.39, 0.29) is 5.41 Å². The molecule has 0 saturated heterocycles. The number of imidazole rings is 5. The minimum Gasteiger partial charge on any atom is -0.225 e. The maximum atomic E-state index is 2.45. The van der Waals surface area contributed by atoms with Gasteiger partial charge in [-0.2, -0.15) is 22.5 Å². The monoisotopic (exact) mass is 1410 g/mol. The predicted octanol–water partition coefficient (Wildman–Crippen LogP) is 20.4. The summed E-state index contributed by atoms with van der Waals surface area (Å²) in [5.74, 6) is 5.40. The van der Waals surface area contributed by atoms with Gasteiger partial charge in [-0.3, -0.25) is 0 Å². The summed E-state index contributed by atoms with van der Waals surface area (Å²) in [6.07, 6.45) is 22.0. The van der Waals surface area contributed by atoms with Crippen LogP contribution in [0.5, 0.6) is 0 Å². The molecule has 0 radical (unpaired) electrons. The summed E-state index contributed by atoms with van der Waals surface area (Å²) in [7, 11) is 0.